The lowest BCUT2D eigenvalue weighted by molar-refractivity contribution is 0.100. The maximum Gasteiger partial charge on any atom is 0.0491 e. The lowest BCUT2D eigenvalue weighted by atomic mass is 9.76. The zero-order valence-electron chi connectivity index (χ0n) is 62.7. The Labute approximate surface area is 528 Å². The minimum absolute atomic E-state index is 0.677. The van der Waals surface area contributed by atoms with E-state index in [1.54, 1.807) is 0 Å². The van der Waals surface area contributed by atoms with E-state index in [2.05, 4.69) is 145 Å². The van der Waals surface area contributed by atoms with Gasteiger partial charge >= 0.3 is 0 Å². The standard InChI is InChI=1S/C23H48O.C16H34.2C11H24.2C10H22/c1-4-6-7-8-9-10-11-12-13-14-15-16-17-18-19-20-21-24-22-23(3)5-2;1-4-6-7-8-9-10-11-12-13-14-15-16(3)5-2;1-5-10(6-2)9-11(7-3)8-4;1-5-9-10-11(6-2,7-3)8-4;1-5-8-9(4)10(6-2)7-3;1-4-6-7-8-9-10(3)5-2/h23H,4-22H2,1-3H3;16H,4-15H2,1-3H3;10-11H,5-9H2,1-4H3;5-10H2,1-4H3;9-10H,5-8H2,1-4H3;10H,4-9H2,1-3H3. The molecule has 1 heteroatoms. The van der Waals surface area contributed by atoms with Gasteiger partial charge < -0.3 is 4.74 Å². The van der Waals surface area contributed by atoms with Crippen LogP contribution in [0.3, 0.4) is 0 Å². The van der Waals surface area contributed by atoms with Crippen molar-refractivity contribution < 1.29 is 4.74 Å². The van der Waals surface area contributed by atoms with Gasteiger partial charge in [0.25, 0.3) is 0 Å². The van der Waals surface area contributed by atoms with Crippen LogP contribution in [-0.4, -0.2) is 13.2 Å². The smallest absolute Gasteiger partial charge is 0.0491 e. The van der Waals surface area contributed by atoms with Crippen LogP contribution in [0.4, 0.5) is 0 Å². The van der Waals surface area contributed by atoms with Crippen molar-refractivity contribution in [3.05, 3.63) is 0 Å². The number of rotatable bonds is 55. The van der Waals surface area contributed by atoms with Crippen molar-refractivity contribution in [2.75, 3.05) is 13.2 Å². The molecule has 0 heterocycles. The first-order valence-electron chi connectivity index (χ1n) is 39.3. The van der Waals surface area contributed by atoms with E-state index in [1.165, 1.54) is 321 Å². The highest BCUT2D eigenvalue weighted by atomic mass is 16.5. The Balaban J connectivity index is -0.000000220. The minimum atomic E-state index is 0.677. The summed E-state index contributed by atoms with van der Waals surface area (Å²) in [5.74, 6) is 6.52. The lowest BCUT2D eigenvalue weighted by Crippen LogP contribution is -2.17. The van der Waals surface area contributed by atoms with Crippen LogP contribution in [0.25, 0.3) is 0 Å². The lowest BCUT2D eigenvalue weighted by Gasteiger charge is -2.30. The fraction of sp³-hybridized carbons (Fsp3) is 1.00. The van der Waals surface area contributed by atoms with Gasteiger partial charge in [-0.15, -0.1) is 0 Å². The summed E-state index contributed by atoms with van der Waals surface area (Å²) < 4.78 is 5.71. The second-order valence-corrected chi connectivity index (χ2v) is 27.3. The normalized spacial score (nSPS) is 12.7. The molecule has 0 radical (unpaired) electrons. The van der Waals surface area contributed by atoms with E-state index in [0.29, 0.717) is 5.41 Å². The third-order valence-corrected chi connectivity index (χ3v) is 20.1. The van der Waals surface area contributed by atoms with Crippen molar-refractivity contribution >= 4 is 0 Å². The zero-order chi connectivity index (χ0) is 63.0. The first-order chi connectivity index (χ1) is 39.7. The highest BCUT2D eigenvalue weighted by Crippen LogP contribution is 2.36. The fourth-order valence-corrected chi connectivity index (χ4v) is 11.8. The molecular formula is C81H174O. The molecule has 0 N–H and O–H groups in total. The fourth-order valence-electron chi connectivity index (χ4n) is 11.8. The highest BCUT2D eigenvalue weighted by Gasteiger charge is 2.22. The molecule has 1 nitrogen and oxygen atoms in total. The van der Waals surface area contributed by atoms with Crippen molar-refractivity contribution in [3.63, 3.8) is 0 Å². The van der Waals surface area contributed by atoms with E-state index >= 15 is 0 Å². The van der Waals surface area contributed by atoms with Crippen molar-refractivity contribution in [2.45, 2.75) is 466 Å². The maximum absolute atomic E-state index is 5.71. The van der Waals surface area contributed by atoms with Gasteiger partial charge in [0.15, 0.2) is 0 Å². The van der Waals surface area contributed by atoms with Crippen LogP contribution in [-0.2, 0) is 4.74 Å². The molecule has 0 spiro atoms. The molecule has 0 aromatic heterocycles. The molecule has 0 rings (SSSR count). The average Bonchev–Trinajstić information content (AvgIpc) is 3.51. The third-order valence-electron chi connectivity index (χ3n) is 20.1. The summed E-state index contributed by atoms with van der Waals surface area (Å²) in [6.07, 6.45) is 70.7. The van der Waals surface area contributed by atoms with Gasteiger partial charge in [0, 0.05) is 13.2 Å². The number of unbranched alkanes of at least 4 members (excludes halogenated alkanes) is 28. The van der Waals surface area contributed by atoms with Gasteiger partial charge in [0.1, 0.15) is 0 Å². The molecule has 0 aliphatic rings. The van der Waals surface area contributed by atoms with Gasteiger partial charge in [0.2, 0.25) is 0 Å². The topological polar surface area (TPSA) is 9.23 Å². The van der Waals surface area contributed by atoms with Crippen LogP contribution in [0.5, 0.6) is 0 Å². The Kier molecular flexibility index (Phi) is 91.9. The molecule has 504 valence electrons. The molecule has 0 aromatic carbocycles. The number of hydrogen-bond acceptors (Lipinski definition) is 1. The van der Waals surface area contributed by atoms with E-state index in [0.717, 1.165) is 54.6 Å². The third kappa shape index (κ3) is 76.1. The summed E-state index contributed by atoms with van der Waals surface area (Å²) in [6, 6.07) is 0. The second-order valence-electron chi connectivity index (χ2n) is 27.3. The summed E-state index contributed by atoms with van der Waals surface area (Å²) in [6.45, 7) is 50.4. The molecule has 0 aromatic rings. The van der Waals surface area contributed by atoms with Crippen molar-refractivity contribution in [2.24, 2.45) is 46.8 Å². The highest BCUT2D eigenvalue weighted by molar-refractivity contribution is 4.74. The summed E-state index contributed by atoms with van der Waals surface area (Å²) >= 11 is 0. The van der Waals surface area contributed by atoms with Crippen molar-refractivity contribution in [3.8, 4) is 0 Å². The Hall–Kier alpha value is -0.0400. The summed E-state index contributed by atoms with van der Waals surface area (Å²) in [5, 5.41) is 0. The van der Waals surface area contributed by atoms with Gasteiger partial charge in [0.05, 0.1) is 0 Å². The largest absolute Gasteiger partial charge is 0.381 e. The van der Waals surface area contributed by atoms with Gasteiger partial charge in [-0.3, -0.25) is 0 Å². The molecule has 0 fully saturated rings. The van der Waals surface area contributed by atoms with E-state index in [4.69, 9.17) is 4.74 Å². The van der Waals surface area contributed by atoms with E-state index in [-0.39, 0.29) is 0 Å². The molecule has 4 atom stereocenters. The van der Waals surface area contributed by atoms with Crippen LogP contribution < -0.4 is 0 Å². The quantitative estimate of drug-likeness (QED) is 0.0552. The molecule has 0 saturated heterocycles. The summed E-state index contributed by atoms with van der Waals surface area (Å²) in [4.78, 5) is 0. The number of ether oxygens (including phenoxy) is 1. The molecule has 82 heavy (non-hydrogen) atoms. The van der Waals surface area contributed by atoms with Crippen LogP contribution in [0.1, 0.15) is 466 Å². The predicted octanol–water partition coefficient (Wildman–Crippen LogP) is 31.2. The van der Waals surface area contributed by atoms with Gasteiger partial charge in [-0.2, -0.15) is 0 Å². The molecular weight excluding hydrogens is 989 g/mol. The van der Waals surface area contributed by atoms with Crippen LogP contribution in [0, 0.1) is 46.8 Å². The van der Waals surface area contributed by atoms with E-state index in [1.807, 2.05) is 0 Å². The van der Waals surface area contributed by atoms with Crippen LogP contribution in [0.2, 0.25) is 0 Å². The molecule has 4 unspecified atom stereocenters. The first kappa shape index (κ1) is 93.1. The Morgan fingerprint density at radius 2 is 0.561 bits per heavy atom. The molecule has 0 saturated carbocycles. The monoisotopic (exact) mass is 1160 g/mol. The van der Waals surface area contributed by atoms with Gasteiger partial charge in [-0.05, 0) is 66.1 Å². The Bertz CT molecular complexity index is 983. The minimum Gasteiger partial charge on any atom is -0.381 e. The van der Waals surface area contributed by atoms with Gasteiger partial charge in [-0.25, -0.2) is 0 Å². The van der Waals surface area contributed by atoms with E-state index < -0.39 is 0 Å². The molecule has 0 bridgehead atoms. The average molecular weight is 1160 g/mol. The number of hydrogen-bond donors (Lipinski definition) is 0. The van der Waals surface area contributed by atoms with E-state index in [9.17, 15) is 0 Å². The SMILES string of the molecule is CCC(CC)CC(CC)CC.CCCC(C)C(CC)CC.CCCCC(CC)(CC)CC.CCCCCCC(C)CC.CCCCCCCCCCCCC(C)CC.CCCCCCCCCCCCCCCCCCOCC(C)CC. The van der Waals surface area contributed by atoms with Gasteiger partial charge in [-0.1, -0.05) is 447 Å². The Morgan fingerprint density at radius 3 is 0.829 bits per heavy atom. The van der Waals surface area contributed by atoms with Crippen LogP contribution >= 0.6 is 0 Å². The van der Waals surface area contributed by atoms with Crippen molar-refractivity contribution in [1.82, 2.24) is 0 Å². The molecule has 0 amide bonds. The second kappa shape index (κ2) is 81.0. The summed E-state index contributed by atoms with van der Waals surface area (Å²) in [5.41, 5.74) is 0.677. The Morgan fingerprint density at radius 1 is 0.268 bits per heavy atom. The van der Waals surface area contributed by atoms with Crippen LogP contribution in [0.15, 0.2) is 0 Å². The zero-order valence-corrected chi connectivity index (χ0v) is 62.7. The maximum atomic E-state index is 5.71. The molecule has 0 aliphatic heterocycles. The van der Waals surface area contributed by atoms with Crippen molar-refractivity contribution in [1.29, 1.82) is 0 Å². The molecule has 0 aliphatic carbocycles. The summed E-state index contributed by atoms with van der Waals surface area (Å²) in [7, 11) is 0. The first-order valence-corrected chi connectivity index (χ1v) is 39.3. The predicted molar refractivity (Wildman–Crippen MR) is 388 cm³/mol.